The molecule has 2 aromatic rings. The SMILES string of the molecule is Cc1ccccc1CN(C)Cc1occc1CNC1CC1. The highest BCUT2D eigenvalue weighted by atomic mass is 16.3. The second-order valence-corrected chi connectivity index (χ2v) is 6.12. The Kier molecular flexibility index (Phi) is 4.42. The molecule has 0 bridgehead atoms. The summed E-state index contributed by atoms with van der Waals surface area (Å²) in [6, 6.07) is 11.4. The summed E-state index contributed by atoms with van der Waals surface area (Å²) in [7, 11) is 2.15. The summed E-state index contributed by atoms with van der Waals surface area (Å²) in [5, 5.41) is 3.55. The van der Waals surface area contributed by atoms with Crippen LogP contribution in [0, 0.1) is 6.92 Å². The van der Waals surface area contributed by atoms with Crippen LogP contribution < -0.4 is 5.32 Å². The molecular weight excluding hydrogens is 260 g/mol. The minimum absolute atomic E-state index is 0.734. The summed E-state index contributed by atoms with van der Waals surface area (Å²) in [5.41, 5.74) is 4.02. The number of nitrogens with zero attached hydrogens (tertiary/aromatic N) is 1. The number of furan rings is 1. The maximum absolute atomic E-state index is 5.67. The fourth-order valence-electron chi connectivity index (χ4n) is 2.58. The van der Waals surface area contributed by atoms with E-state index in [2.05, 4.69) is 54.5 Å². The van der Waals surface area contributed by atoms with Crippen molar-refractivity contribution in [3.63, 3.8) is 0 Å². The van der Waals surface area contributed by atoms with Gasteiger partial charge in [0.1, 0.15) is 5.76 Å². The smallest absolute Gasteiger partial charge is 0.122 e. The van der Waals surface area contributed by atoms with E-state index in [0.717, 1.165) is 31.4 Å². The van der Waals surface area contributed by atoms with E-state index in [-0.39, 0.29) is 0 Å². The summed E-state index contributed by atoms with van der Waals surface area (Å²) in [5.74, 6) is 1.08. The molecule has 0 amide bonds. The third kappa shape index (κ3) is 3.96. The molecule has 1 saturated carbocycles. The Morgan fingerprint density at radius 1 is 1.14 bits per heavy atom. The molecule has 3 rings (SSSR count). The fourth-order valence-corrected chi connectivity index (χ4v) is 2.58. The largest absolute Gasteiger partial charge is 0.468 e. The lowest BCUT2D eigenvalue weighted by Crippen LogP contribution is -2.20. The topological polar surface area (TPSA) is 28.4 Å². The highest BCUT2D eigenvalue weighted by molar-refractivity contribution is 5.25. The highest BCUT2D eigenvalue weighted by Gasteiger charge is 2.21. The Bertz CT molecular complexity index is 586. The Balaban J connectivity index is 1.58. The van der Waals surface area contributed by atoms with Crippen molar-refractivity contribution >= 4 is 0 Å². The summed E-state index contributed by atoms with van der Waals surface area (Å²) in [6.45, 7) is 4.89. The first-order chi connectivity index (χ1) is 10.2. The van der Waals surface area contributed by atoms with Crippen LogP contribution >= 0.6 is 0 Å². The zero-order chi connectivity index (χ0) is 14.7. The number of benzene rings is 1. The van der Waals surface area contributed by atoms with E-state index >= 15 is 0 Å². The summed E-state index contributed by atoms with van der Waals surface area (Å²) in [4.78, 5) is 2.31. The molecule has 0 atom stereocenters. The van der Waals surface area contributed by atoms with Crippen molar-refractivity contribution in [3.05, 3.63) is 59.0 Å². The van der Waals surface area contributed by atoms with Gasteiger partial charge in [0.2, 0.25) is 0 Å². The zero-order valence-corrected chi connectivity index (χ0v) is 12.9. The van der Waals surface area contributed by atoms with E-state index in [0.29, 0.717) is 0 Å². The number of nitrogens with one attached hydrogen (secondary N) is 1. The lowest BCUT2D eigenvalue weighted by molar-refractivity contribution is 0.285. The highest BCUT2D eigenvalue weighted by Crippen LogP contribution is 2.21. The normalized spacial score (nSPS) is 14.8. The molecule has 0 spiro atoms. The van der Waals surface area contributed by atoms with E-state index in [1.54, 1.807) is 6.26 Å². The lowest BCUT2D eigenvalue weighted by Gasteiger charge is -2.17. The molecule has 3 heteroatoms. The standard InChI is InChI=1S/C18H24N2O/c1-14-5-3-4-6-16(14)12-20(2)13-18-15(9-10-21-18)11-19-17-7-8-17/h3-6,9-10,17,19H,7-8,11-13H2,1-2H3. The summed E-state index contributed by atoms with van der Waals surface area (Å²) in [6.07, 6.45) is 4.45. The monoisotopic (exact) mass is 284 g/mol. The van der Waals surface area contributed by atoms with Crippen LogP contribution in [0.2, 0.25) is 0 Å². The maximum Gasteiger partial charge on any atom is 0.122 e. The minimum atomic E-state index is 0.734. The molecule has 1 aliphatic rings. The Hall–Kier alpha value is -1.58. The zero-order valence-electron chi connectivity index (χ0n) is 12.9. The molecule has 0 radical (unpaired) electrons. The van der Waals surface area contributed by atoms with Gasteiger partial charge in [-0.3, -0.25) is 4.90 Å². The molecule has 1 aromatic heterocycles. The Morgan fingerprint density at radius 2 is 1.95 bits per heavy atom. The first kappa shape index (κ1) is 14.4. The van der Waals surface area contributed by atoms with Crippen molar-refractivity contribution in [2.75, 3.05) is 7.05 Å². The van der Waals surface area contributed by atoms with Crippen molar-refractivity contribution in [1.29, 1.82) is 0 Å². The average Bonchev–Trinajstić information content (AvgIpc) is 3.20. The van der Waals surface area contributed by atoms with Crippen LogP contribution in [-0.4, -0.2) is 18.0 Å². The molecule has 1 aliphatic carbocycles. The van der Waals surface area contributed by atoms with Crippen LogP contribution in [0.5, 0.6) is 0 Å². The van der Waals surface area contributed by atoms with Gasteiger partial charge < -0.3 is 9.73 Å². The van der Waals surface area contributed by atoms with Crippen LogP contribution in [0.3, 0.4) is 0 Å². The number of hydrogen-bond acceptors (Lipinski definition) is 3. The van der Waals surface area contributed by atoms with Gasteiger partial charge in [-0.15, -0.1) is 0 Å². The molecule has 1 heterocycles. The maximum atomic E-state index is 5.67. The van der Waals surface area contributed by atoms with Gasteiger partial charge in [0, 0.05) is 24.7 Å². The number of aryl methyl sites for hydroxylation is 1. The van der Waals surface area contributed by atoms with Gasteiger partial charge in [0.25, 0.3) is 0 Å². The molecule has 1 fully saturated rings. The quantitative estimate of drug-likeness (QED) is 0.844. The van der Waals surface area contributed by atoms with E-state index in [1.165, 1.54) is 29.5 Å². The lowest BCUT2D eigenvalue weighted by atomic mass is 10.1. The molecule has 0 unspecified atom stereocenters. The van der Waals surface area contributed by atoms with Gasteiger partial charge >= 0.3 is 0 Å². The van der Waals surface area contributed by atoms with Gasteiger partial charge in [-0.2, -0.15) is 0 Å². The van der Waals surface area contributed by atoms with Crippen LogP contribution in [0.25, 0.3) is 0 Å². The molecule has 21 heavy (non-hydrogen) atoms. The third-order valence-electron chi connectivity index (χ3n) is 4.11. The van der Waals surface area contributed by atoms with Crippen molar-refractivity contribution in [1.82, 2.24) is 10.2 Å². The molecule has 1 N–H and O–H groups in total. The van der Waals surface area contributed by atoms with Crippen molar-refractivity contribution in [2.24, 2.45) is 0 Å². The first-order valence-corrected chi connectivity index (χ1v) is 7.74. The first-order valence-electron chi connectivity index (χ1n) is 7.74. The minimum Gasteiger partial charge on any atom is -0.468 e. The van der Waals surface area contributed by atoms with Crippen LogP contribution in [0.1, 0.15) is 35.3 Å². The van der Waals surface area contributed by atoms with E-state index in [9.17, 15) is 0 Å². The molecule has 3 nitrogen and oxygen atoms in total. The molecular formula is C18H24N2O. The molecule has 0 saturated heterocycles. The van der Waals surface area contributed by atoms with Crippen LogP contribution in [-0.2, 0) is 19.6 Å². The van der Waals surface area contributed by atoms with Crippen LogP contribution in [0.15, 0.2) is 41.0 Å². The van der Waals surface area contributed by atoms with E-state index in [1.807, 2.05) is 0 Å². The predicted octanol–water partition coefficient (Wildman–Crippen LogP) is 3.47. The van der Waals surface area contributed by atoms with Gasteiger partial charge in [-0.1, -0.05) is 24.3 Å². The van der Waals surface area contributed by atoms with Gasteiger partial charge in [-0.05, 0) is 44.0 Å². The average molecular weight is 284 g/mol. The van der Waals surface area contributed by atoms with Crippen LogP contribution in [0.4, 0.5) is 0 Å². The third-order valence-corrected chi connectivity index (χ3v) is 4.11. The van der Waals surface area contributed by atoms with Gasteiger partial charge in [-0.25, -0.2) is 0 Å². The summed E-state index contributed by atoms with van der Waals surface area (Å²) < 4.78 is 5.67. The van der Waals surface area contributed by atoms with E-state index in [4.69, 9.17) is 4.42 Å². The molecule has 1 aromatic carbocycles. The fraction of sp³-hybridized carbons (Fsp3) is 0.444. The summed E-state index contributed by atoms with van der Waals surface area (Å²) >= 11 is 0. The van der Waals surface area contributed by atoms with Crippen molar-refractivity contribution < 1.29 is 4.42 Å². The van der Waals surface area contributed by atoms with Gasteiger partial charge in [0.15, 0.2) is 0 Å². The second kappa shape index (κ2) is 6.46. The van der Waals surface area contributed by atoms with Gasteiger partial charge in [0.05, 0.1) is 12.8 Å². The van der Waals surface area contributed by atoms with Crippen molar-refractivity contribution in [3.8, 4) is 0 Å². The second-order valence-electron chi connectivity index (χ2n) is 6.12. The number of rotatable bonds is 7. The predicted molar refractivity (Wildman–Crippen MR) is 84.9 cm³/mol. The number of hydrogen-bond donors (Lipinski definition) is 1. The van der Waals surface area contributed by atoms with Crippen molar-refractivity contribution in [2.45, 2.75) is 45.4 Å². The Morgan fingerprint density at radius 3 is 2.71 bits per heavy atom. The molecule has 0 aliphatic heterocycles. The Labute approximate surface area is 127 Å². The van der Waals surface area contributed by atoms with E-state index < -0.39 is 0 Å². The molecule has 112 valence electrons.